The summed E-state index contributed by atoms with van der Waals surface area (Å²) in [5.41, 5.74) is 4.19. The van der Waals surface area contributed by atoms with Crippen molar-refractivity contribution in [3.05, 3.63) is 34.7 Å². The van der Waals surface area contributed by atoms with E-state index < -0.39 is 0 Å². The molecule has 6 nitrogen and oxygen atoms in total. The summed E-state index contributed by atoms with van der Waals surface area (Å²) >= 11 is 0. The van der Waals surface area contributed by atoms with Crippen LogP contribution in [0.2, 0.25) is 0 Å². The van der Waals surface area contributed by atoms with Crippen molar-refractivity contribution in [1.29, 1.82) is 0 Å². The number of carbonyl (C=O) groups is 1. The van der Waals surface area contributed by atoms with Crippen molar-refractivity contribution >= 4 is 5.91 Å². The van der Waals surface area contributed by atoms with E-state index in [0.29, 0.717) is 5.89 Å². The van der Waals surface area contributed by atoms with Crippen molar-refractivity contribution in [2.75, 3.05) is 33.3 Å². The molecule has 1 aromatic carbocycles. The van der Waals surface area contributed by atoms with Gasteiger partial charge in [-0.15, -0.1) is 0 Å². The number of rotatable bonds is 4. The Bertz CT molecular complexity index is 828. The molecule has 0 spiro atoms. The molecule has 1 amide bonds. The van der Waals surface area contributed by atoms with Crippen molar-refractivity contribution in [2.45, 2.75) is 40.7 Å². The number of amides is 1. The van der Waals surface area contributed by atoms with E-state index in [9.17, 15) is 4.79 Å². The Morgan fingerprint density at radius 3 is 2.63 bits per heavy atom. The number of carbonyl (C=O) groups excluding carboxylic acids is 1. The average Bonchev–Trinajstić information content (AvgIpc) is 2.84. The Kier molecular flexibility index (Phi) is 5.85. The van der Waals surface area contributed by atoms with Gasteiger partial charge >= 0.3 is 0 Å². The van der Waals surface area contributed by atoms with Crippen LogP contribution in [0.1, 0.15) is 35.9 Å². The van der Waals surface area contributed by atoms with Crippen LogP contribution in [-0.4, -0.2) is 54.0 Å². The number of nitrogens with zero attached hydrogens (tertiary/aromatic N) is 3. The zero-order valence-corrected chi connectivity index (χ0v) is 17.0. The van der Waals surface area contributed by atoms with E-state index in [1.807, 2.05) is 30.9 Å². The second-order valence-corrected chi connectivity index (χ2v) is 7.22. The van der Waals surface area contributed by atoms with Gasteiger partial charge in [-0.1, -0.05) is 0 Å². The lowest BCUT2D eigenvalue weighted by atomic mass is 10.0. The largest absolute Gasteiger partial charge is 0.496 e. The minimum Gasteiger partial charge on any atom is -0.496 e. The van der Waals surface area contributed by atoms with Crippen molar-refractivity contribution in [2.24, 2.45) is 0 Å². The first-order valence-electron chi connectivity index (χ1n) is 9.49. The van der Waals surface area contributed by atoms with E-state index in [4.69, 9.17) is 14.1 Å². The lowest BCUT2D eigenvalue weighted by Gasteiger charge is -2.20. The molecule has 146 valence electrons. The van der Waals surface area contributed by atoms with Gasteiger partial charge in [-0.25, -0.2) is 4.98 Å². The smallest absolute Gasteiger partial charge is 0.226 e. The lowest BCUT2D eigenvalue weighted by molar-refractivity contribution is -0.128. The van der Waals surface area contributed by atoms with Crippen LogP contribution < -0.4 is 4.74 Å². The first kappa shape index (κ1) is 19.4. The second-order valence-electron chi connectivity index (χ2n) is 7.22. The summed E-state index contributed by atoms with van der Waals surface area (Å²) in [6, 6.07) is 3.97. The summed E-state index contributed by atoms with van der Waals surface area (Å²) in [6.07, 6.45) is 0.986. The Morgan fingerprint density at radius 1 is 1.15 bits per heavy atom. The fourth-order valence-corrected chi connectivity index (χ4v) is 3.59. The van der Waals surface area contributed by atoms with Crippen LogP contribution in [0.4, 0.5) is 0 Å². The predicted molar refractivity (Wildman–Crippen MR) is 105 cm³/mol. The molecule has 1 fully saturated rings. The summed E-state index contributed by atoms with van der Waals surface area (Å²) in [7, 11) is 1.68. The van der Waals surface area contributed by atoms with Crippen LogP contribution in [0, 0.1) is 20.8 Å². The monoisotopic (exact) mass is 371 g/mol. The SMILES string of the molecule is COc1ccc(-c2nc(CN3CCCN(C(C)=O)CC3)c(C)o2)c(C)c1C. The summed E-state index contributed by atoms with van der Waals surface area (Å²) < 4.78 is 11.4. The van der Waals surface area contributed by atoms with Crippen LogP contribution in [0.25, 0.3) is 11.5 Å². The highest BCUT2D eigenvalue weighted by Crippen LogP contribution is 2.31. The van der Waals surface area contributed by atoms with Gasteiger partial charge in [-0.3, -0.25) is 9.69 Å². The molecule has 1 saturated heterocycles. The maximum atomic E-state index is 11.6. The molecule has 1 aliphatic heterocycles. The highest BCUT2D eigenvalue weighted by molar-refractivity contribution is 5.73. The zero-order valence-electron chi connectivity index (χ0n) is 17.0. The summed E-state index contributed by atoms with van der Waals surface area (Å²) in [5, 5.41) is 0. The molecule has 2 aromatic rings. The number of oxazole rings is 1. The molecule has 27 heavy (non-hydrogen) atoms. The average molecular weight is 371 g/mol. The van der Waals surface area contributed by atoms with E-state index in [1.54, 1.807) is 14.0 Å². The number of ether oxygens (including phenoxy) is 1. The van der Waals surface area contributed by atoms with E-state index in [2.05, 4.69) is 11.8 Å². The number of hydrogen-bond donors (Lipinski definition) is 0. The van der Waals surface area contributed by atoms with Crippen LogP contribution in [0.5, 0.6) is 5.75 Å². The van der Waals surface area contributed by atoms with Crippen LogP contribution in [0.15, 0.2) is 16.5 Å². The maximum absolute atomic E-state index is 11.6. The molecular weight excluding hydrogens is 342 g/mol. The predicted octanol–water partition coefficient (Wildman–Crippen LogP) is 3.33. The first-order chi connectivity index (χ1) is 12.9. The summed E-state index contributed by atoms with van der Waals surface area (Å²) in [4.78, 5) is 20.7. The van der Waals surface area contributed by atoms with Gasteiger partial charge < -0.3 is 14.1 Å². The Balaban J connectivity index is 1.77. The number of methoxy groups -OCH3 is 1. The highest BCUT2D eigenvalue weighted by Gasteiger charge is 2.20. The normalized spacial score (nSPS) is 15.7. The van der Waals surface area contributed by atoms with Gasteiger partial charge in [-0.2, -0.15) is 0 Å². The van der Waals surface area contributed by atoms with Gasteiger partial charge in [0.05, 0.1) is 12.8 Å². The van der Waals surface area contributed by atoms with Crippen molar-refractivity contribution in [1.82, 2.24) is 14.8 Å². The number of benzene rings is 1. The van der Waals surface area contributed by atoms with E-state index in [0.717, 1.165) is 73.0 Å². The minimum absolute atomic E-state index is 0.155. The molecule has 6 heteroatoms. The van der Waals surface area contributed by atoms with Gasteiger partial charge in [0.15, 0.2) is 0 Å². The molecule has 0 N–H and O–H groups in total. The Labute approximate surface area is 161 Å². The Morgan fingerprint density at radius 2 is 1.93 bits per heavy atom. The van der Waals surface area contributed by atoms with E-state index in [1.165, 1.54) is 0 Å². The standard InChI is InChI=1S/C21H29N3O3/c1-14-15(2)20(26-5)8-7-18(14)21-22-19(16(3)27-21)13-23-9-6-10-24(12-11-23)17(4)25/h7-8H,6,9-13H2,1-5H3. The molecule has 0 saturated carbocycles. The summed E-state index contributed by atoms with van der Waals surface area (Å²) in [5.74, 6) is 2.54. The van der Waals surface area contributed by atoms with Crippen molar-refractivity contribution < 1.29 is 13.9 Å². The van der Waals surface area contributed by atoms with E-state index >= 15 is 0 Å². The molecule has 2 heterocycles. The fourth-order valence-electron chi connectivity index (χ4n) is 3.59. The van der Waals surface area contributed by atoms with Crippen molar-refractivity contribution in [3.63, 3.8) is 0 Å². The Hall–Kier alpha value is -2.34. The molecule has 1 aliphatic rings. The molecule has 0 radical (unpaired) electrons. The molecule has 0 atom stereocenters. The maximum Gasteiger partial charge on any atom is 0.226 e. The van der Waals surface area contributed by atoms with Gasteiger partial charge in [-0.05, 0) is 50.5 Å². The molecule has 3 rings (SSSR count). The fraction of sp³-hybridized carbons (Fsp3) is 0.524. The highest BCUT2D eigenvalue weighted by atomic mass is 16.5. The van der Waals surface area contributed by atoms with Crippen LogP contribution in [-0.2, 0) is 11.3 Å². The lowest BCUT2D eigenvalue weighted by Crippen LogP contribution is -2.33. The van der Waals surface area contributed by atoms with Gasteiger partial charge in [0.2, 0.25) is 11.8 Å². The van der Waals surface area contributed by atoms with Crippen molar-refractivity contribution in [3.8, 4) is 17.2 Å². The number of hydrogen-bond acceptors (Lipinski definition) is 5. The van der Waals surface area contributed by atoms with Gasteiger partial charge in [0, 0.05) is 45.2 Å². The molecule has 0 bridgehead atoms. The molecule has 1 aromatic heterocycles. The summed E-state index contributed by atoms with van der Waals surface area (Å²) in [6.45, 7) is 11.9. The first-order valence-corrected chi connectivity index (χ1v) is 9.49. The molecule has 0 aliphatic carbocycles. The minimum atomic E-state index is 0.155. The van der Waals surface area contributed by atoms with Crippen LogP contribution >= 0.6 is 0 Å². The topological polar surface area (TPSA) is 58.8 Å². The second kappa shape index (κ2) is 8.13. The van der Waals surface area contributed by atoms with Gasteiger partial charge in [0.1, 0.15) is 11.5 Å². The zero-order chi connectivity index (χ0) is 19.6. The van der Waals surface area contributed by atoms with E-state index in [-0.39, 0.29) is 5.91 Å². The van der Waals surface area contributed by atoms with Gasteiger partial charge in [0.25, 0.3) is 0 Å². The quantitative estimate of drug-likeness (QED) is 0.825. The van der Waals surface area contributed by atoms with Crippen LogP contribution in [0.3, 0.4) is 0 Å². The molecule has 0 unspecified atom stereocenters. The third-order valence-corrected chi connectivity index (χ3v) is 5.49. The third-order valence-electron chi connectivity index (χ3n) is 5.49. The number of aryl methyl sites for hydroxylation is 1. The third kappa shape index (κ3) is 4.16. The number of aromatic nitrogens is 1. The molecular formula is C21H29N3O3.